The quantitative estimate of drug-likeness (QED) is 0.0297. The van der Waals surface area contributed by atoms with Crippen LogP contribution in [0.1, 0.15) is 69.2 Å². The number of hydrogen-bond donors (Lipinski definition) is 6. The Hall–Kier alpha value is -2.20. The van der Waals surface area contributed by atoms with Gasteiger partial charge in [-0.1, -0.05) is 142 Å². The third kappa shape index (κ3) is 47.8. The molecule has 6 aromatic rings. The maximum Gasteiger partial charge on any atom is 0.0931 e. The third-order valence-corrected chi connectivity index (χ3v) is 5.62. The summed E-state index contributed by atoms with van der Waals surface area (Å²) in [6.45, 7) is 20.0. The predicted molar refractivity (Wildman–Crippen MR) is 313 cm³/mol. The molecule has 5 aromatic carbocycles. The number of fused-ring (bicyclic) bond motifs is 1. The second-order valence-electron chi connectivity index (χ2n) is 9.10. The van der Waals surface area contributed by atoms with Crippen LogP contribution >= 0.6 is 99.9 Å². The summed E-state index contributed by atoms with van der Waals surface area (Å²) in [5, 5.41) is 17.6. The number of nitrogens with zero attached hydrogens (tertiary/aromatic N) is 2. The van der Waals surface area contributed by atoms with Crippen LogP contribution in [-0.4, -0.2) is 34.1 Å². The van der Waals surface area contributed by atoms with Crippen LogP contribution in [0, 0.1) is 10.1 Å². The number of nitro benzene ring substituents is 1. The molecule has 0 aliphatic rings. The van der Waals surface area contributed by atoms with Crippen LogP contribution in [0.3, 0.4) is 0 Å². The van der Waals surface area contributed by atoms with Gasteiger partial charge in [0.2, 0.25) is 19.2 Å². The number of rotatable bonds is 7. The fraction of sp³-hybridized carbons (Fsp3) is 0.227. The van der Waals surface area contributed by atoms with E-state index in [-0.39, 0.29) is 16.3 Å². The van der Waals surface area contributed by atoms with Crippen LogP contribution in [0.25, 0.3) is 11.0 Å². The van der Waals surface area contributed by atoms with E-state index in [4.69, 9.17) is 11.5 Å². The molecule has 355 valence electrons. The van der Waals surface area contributed by atoms with Crippen molar-refractivity contribution in [1.29, 1.82) is 0 Å². The molecule has 0 aliphatic carbocycles. The minimum atomic E-state index is -0.550. The minimum absolute atomic E-state index is 0.107. The smallest absolute Gasteiger partial charge is 0.0931 e. The Morgan fingerprint density at radius 1 is 0.594 bits per heavy atom. The molecule has 0 aliphatic heterocycles. The summed E-state index contributed by atoms with van der Waals surface area (Å²) in [7, 11) is 0.628. The molecule has 1 heterocycles. The van der Waals surface area contributed by atoms with Crippen molar-refractivity contribution in [2.45, 2.75) is 69.2 Å². The second-order valence-corrected chi connectivity index (χ2v) is 56.3. The Balaban J connectivity index is -0.000000152. The number of aromatic nitrogens is 2. The van der Waals surface area contributed by atoms with E-state index in [9.17, 15) is 24.5 Å². The number of nitrogen functional groups attached to an aromatic ring is 2. The van der Waals surface area contributed by atoms with E-state index in [1.807, 2.05) is 166 Å². The largest absolute Gasteiger partial charge is 0.345 e. The fourth-order valence-electron chi connectivity index (χ4n) is 3.45. The van der Waals surface area contributed by atoms with Crippen molar-refractivity contribution in [3.05, 3.63) is 150 Å². The number of H-pyrrole nitrogens is 1. The van der Waals surface area contributed by atoms with Gasteiger partial charge in [0.1, 0.15) is 5.69 Å². The Labute approximate surface area is 448 Å². The van der Waals surface area contributed by atoms with E-state index in [0.717, 1.165) is 22.4 Å². The zero-order chi connectivity index (χ0) is 50.4. The maximum atomic E-state index is 10.3. The number of para-hydroxylation sites is 8. The first-order valence-electron chi connectivity index (χ1n) is 19.7. The van der Waals surface area contributed by atoms with Crippen molar-refractivity contribution < 1.29 is 33.7 Å². The van der Waals surface area contributed by atoms with Gasteiger partial charge in [-0.05, 0) is 54.6 Å². The van der Waals surface area contributed by atoms with E-state index >= 15 is 0 Å². The first-order chi connectivity index (χ1) is 31.0. The number of halogens is 5. The van der Waals surface area contributed by atoms with E-state index in [2.05, 4.69) is 126 Å². The zero-order valence-corrected chi connectivity index (χ0v) is 51.5. The first kappa shape index (κ1) is 73.4. The molecule has 64 heavy (non-hydrogen) atoms. The molecule has 0 saturated heterocycles. The number of nitrogens with two attached hydrogens (primary N) is 2. The topological polar surface area (TPSA) is 211 Å². The molecule has 13 nitrogen and oxygen atoms in total. The molecule has 0 bridgehead atoms. The van der Waals surface area contributed by atoms with Crippen molar-refractivity contribution in [3.8, 4) is 0 Å². The van der Waals surface area contributed by atoms with E-state index < -0.39 is 4.92 Å². The molecule has 0 fully saturated rings. The average molecular weight is 1520 g/mol. The second kappa shape index (κ2) is 60.8. The number of carbonyl (C=O) groups excluding carboxylic acids is 3. The van der Waals surface area contributed by atoms with Gasteiger partial charge in [-0.25, -0.2) is 4.98 Å². The molecule has 0 spiro atoms. The van der Waals surface area contributed by atoms with Gasteiger partial charge in [-0.3, -0.25) is 24.5 Å². The molecular weight excluding hydrogens is 1460 g/mol. The minimum Gasteiger partial charge on any atom is -0.345 e. The van der Waals surface area contributed by atoms with Crippen molar-refractivity contribution in [2.75, 3.05) is 27.4 Å². The van der Waals surface area contributed by atoms with Gasteiger partial charge in [-0.2, -0.15) is 0 Å². The van der Waals surface area contributed by atoms with Gasteiger partial charge in [0.15, 0.2) is 0 Å². The average Bonchev–Trinajstić information content (AvgIpc) is 3.82. The molecular formula is C44H64I5N8O5V2. The Morgan fingerprint density at radius 3 is 1.38 bits per heavy atom. The number of nitrogens with one attached hydrogen (secondary N) is 4. The number of aromatic amines is 1. The summed E-state index contributed by atoms with van der Waals surface area (Å²) in [6, 6.07) is 39.7. The van der Waals surface area contributed by atoms with Gasteiger partial charge in [0.05, 0.1) is 33.7 Å². The zero-order valence-electron chi connectivity index (χ0n) is 37.9. The summed E-state index contributed by atoms with van der Waals surface area (Å²) in [6.07, 6.45) is 3.37. The monoisotopic (exact) mass is 1520 g/mol. The SMILES string of the molecule is CC.CC.CC.CC.CC.Nc1ccccc1.Nc1ccccc1NC=O.O=CNc1ccccc1.O=CNc1ccccc1[N+](=O)[O-].[I][V]([I])[I].[I][V][I].c1ccc2[nH]cnc2c1. The van der Waals surface area contributed by atoms with Crippen LogP contribution in [0.4, 0.5) is 34.1 Å². The standard InChI is InChI=1S/C7H6N2O3.C7H8N2O.C7H6N2.C7H7NO.C6H7N.5C2H6.5HI.2V/c10-5-8-6-3-1-2-4-7(6)9(11)12;8-6-3-1-2-4-7(6)9-5-10;1-2-4-7-6(3-1)8-5-9-7;9-6-8-7-4-2-1-3-5-7;7-6-4-2-1-3-5-6;5*1-2;;;;;;;/h1-5H,(H,8,10);1-5H,8H2,(H,9,10);1-5H,(H,8,9);1-6H,(H,8,9);1-5H,7H2;5*1-2H3;5*1H;;/q;;;;;;;;;;;;;;;+2;+3/p-5. The maximum absolute atomic E-state index is 10.3. The Morgan fingerprint density at radius 2 is 0.969 bits per heavy atom. The normalized spacial score (nSPS) is 7.88. The molecule has 20 heteroatoms. The van der Waals surface area contributed by atoms with Crippen LogP contribution < -0.4 is 27.4 Å². The van der Waals surface area contributed by atoms with Crippen molar-refractivity contribution >= 4 is 164 Å². The molecule has 1 aromatic heterocycles. The number of benzene rings is 5. The summed E-state index contributed by atoms with van der Waals surface area (Å²) < 4.78 is 0. The van der Waals surface area contributed by atoms with E-state index in [0.29, 0.717) is 40.1 Å². The number of carbonyl (C=O) groups is 3. The number of nitro groups is 1. The number of hydrogen-bond acceptors (Lipinski definition) is 8. The molecule has 3 amide bonds. The van der Waals surface area contributed by atoms with Crippen LogP contribution in [0.15, 0.2) is 140 Å². The Kier molecular flexibility index (Phi) is 69.7. The predicted octanol–water partition coefficient (Wildman–Crippen LogP) is 15.6. The summed E-state index contributed by atoms with van der Waals surface area (Å²) in [5.74, 6) is 0. The van der Waals surface area contributed by atoms with E-state index in [1.165, 1.54) is 18.2 Å². The fourth-order valence-corrected chi connectivity index (χ4v) is 3.45. The number of amides is 3. The van der Waals surface area contributed by atoms with E-state index in [1.54, 1.807) is 24.5 Å². The molecule has 0 atom stereocenters. The van der Waals surface area contributed by atoms with Crippen molar-refractivity contribution in [2.24, 2.45) is 0 Å². The molecule has 0 saturated carbocycles. The van der Waals surface area contributed by atoms with Gasteiger partial charge in [-0.15, -0.1) is 0 Å². The van der Waals surface area contributed by atoms with Crippen LogP contribution in [-0.2, 0) is 28.8 Å². The van der Waals surface area contributed by atoms with Gasteiger partial charge >= 0.3 is 114 Å². The van der Waals surface area contributed by atoms with Crippen molar-refractivity contribution in [3.63, 3.8) is 0 Å². The summed E-state index contributed by atoms with van der Waals surface area (Å²) >= 11 is 12.1. The summed E-state index contributed by atoms with van der Waals surface area (Å²) in [5.41, 5.74) is 15.9. The van der Waals surface area contributed by atoms with Crippen molar-refractivity contribution in [1.82, 2.24) is 9.97 Å². The van der Waals surface area contributed by atoms with Gasteiger partial charge in [0, 0.05) is 17.4 Å². The third-order valence-electron chi connectivity index (χ3n) is 5.62. The van der Waals surface area contributed by atoms with Crippen LogP contribution in [0.2, 0.25) is 0 Å². The number of anilines is 5. The number of imidazole rings is 1. The molecule has 8 N–H and O–H groups in total. The molecule has 0 radical (unpaired) electrons. The van der Waals surface area contributed by atoms with Crippen LogP contribution in [0.5, 0.6) is 0 Å². The summed E-state index contributed by atoms with van der Waals surface area (Å²) in [4.78, 5) is 46.4. The Bertz CT molecular complexity index is 1860. The van der Waals surface area contributed by atoms with Gasteiger partial charge in [0.25, 0.3) is 5.69 Å². The molecule has 6 rings (SSSR count). The van der Waals surface area contributed by atoms with Gasteiger partial charge < -0.3 is 32.4 Å². The first-order valence-corrected chi connectivity index (χ1v) is 42.2. The molecule has 0 unspecified atom stereocenters.